The second-order valence-corrected chi connectivity index (χ2v) is 6.73. The van der Waals surface area contributed by atoms with Gasteiger partial charge in [0, 0.05) is 19.6 Å². The number of benzene rings is 2. The van der Waals surface area contributed by atoms with Crippen LogP contribution in [0, 0.1) is 0 Å². The minimum atomic E-state index is -0.154. The number of fused-ring (bicyclic) bond motifs is 2. The zero-order valence-electron chi connectivity index (χ0n) is 13.7. The highest BCUT2D eigenvalue weighted by atomic mass is 35.5. The van der Waals surface area contributed by atoms with E-state index in [0.717, 1.165) is 32.5 Å². The van der Waals surface area contributed by atoms with Crippen LogP contribution in [-0.4, -0.2) is 23.9 Å². The smallest absolute Gasteiger partial charge is 0.225 e. The Morgan fingerprint density at radius 3 is 2.38 bits per heavy atom. The van der Waals surface area contributed by atoms with Crippen LogP contribution in [0.4, 0.5) is 0 Å². The van der Waals surface area contributed by atoms with Crippen LogP contribution in [0.1, 0.15) is 29.5 Å². The summed E-state index contributed by atoms with van der Waals surface area (Å²) >= 11 is 0. The van der Waals surface area contributed by atoms with E-state index in [1.807, 2.05) is 6.07 Å². The summed E-state index contributed by atoms with van der Waals surface area (Å²) in [5.74, 6) is 0.167. The summed E-state index contributed by atoms with van der Waals surface area (Å²) in [5.41, 5.74) is 3.74. The van der Waals surface area contributed by atoms with Gasteiger partial charge in [-0.1, -0.05) is 54.6 Å². The number of hydrogen-bond donors (Lipinski definition) is 1. The van der Waals surface area contributed by atoms with E-state index in [2.05, 4.69) is 58.7 Å². The molecule has 2 aliphatic rings. The van der Waals surface area contributed by atoms with Crippen molar-refractivity contribution >= 4 is 18.3 Å². The number of carbonyl (C=O) groups is 1. The fourth-order valence-corrected chi connectivity index (χ4v) is 4.02. The van der Waals surface area contributed by atoms with Gasteiger partial charge in [0.15, 0.2) is 0 Å². The van der Waals surface area contributed by atoms with Gasteiger partial charge in [-0.15, -0.1) is 12.4 Å². The number of carbonyl (C=O) groups excluding carboxylic acids is 1. The van der Waals surface area contributed by atoms with Crippen LogP contribution in [0.15, 0.2) is 54.6 Å². The predicted molar refractivity (Wildman–Crippen MR) is 98.2 cm³/mol. The molecule has 3 nitrogen and oxygen atoms in total. The third kappa shape index (κ3) is 3.19. The lowest BCUT2D eigenvalue weighted by atomic mass is 9.75. The van der Waals surface area contributed by atoms with Crippen molar-refractivity contribution in [3.63, 3.8) is 0 Å². The Labute approximate surface area is 149 Å². The summed E-state index contributed by atoms with van der Waals surface area (Å²) in [7, 11) is 0. The highest BCUT2D eigenvalue weighted by molar-refractivity contribution is 5.85. The van der Waals surface area contributed by atoms with Crippen LogP contribution in [0.3, 0.4) is 0 Å². The Hall–Kier alpha value is -1.84. The Bertz CT molecular complexity index is 709. The first-order valence-corrected chi connectivity index (χ1v) is 8.41. The van der Waals surface area contributed by atoms with E-state index in [-0.39, 0.29) is 23.9 Å². The number of amides is 1. The van der Waals surface area contributed by atoms with Crippen molar-refractivity contribution in [2.75, 3.05) is 13.1 Å². The van der Waals surface area contributed by atoms with Gasteiger partial charge in [0.05, 0.1) is 12.0 Å². The highest BCUT2D eigenvalue weighted by Gasteiger charge is 2.41. The van der Waals surface area contributed by atoms with Crippen LogP contribution < -0.4 is 5.32 Å². The molecular weight excluding hydrogens is 320 g/mol. The lowest BCUT2D eigenvalue weighted by Crippen LogP contribution is -2.56. The second kappa shape index (κ2) is 6.96. The SMILES string of the molecule is Cl.O=C1Cc2ccccc2C2(CCN(Cc3ccccc3)CC2)N1. The van der Waals surface area contributed by atoms with Gasteiger partial charge in [0.2, 0.25) is 5.91 Å². The van der Waals surface area contributed by atoms with Gasteiger partial charge in [0.25, 0.3) is 0 Å². The maximum Gasteiger partial charge on any atom is 0.225 e. The molecular formula is C20H23ClN2O. The Balaban J connectivity index is 0.00000169. The molecule has 0 unspecified atom stereocenters. The molecule has 1 fully saturated rings. The van der Waals surface area contributed by atoms with E-state index in [1.165, 1.54) is 16.7 Å². The molecule has 1 amide bonds. The Morgan fingerprint density at radius 1 is 0.958 bits per heavy atom. The van der Waals surface area contributed by atoms with E-state index in [1.54, 1.807) is 0 Å². The highest BCUT2D eigenvalue weighted by Crippen LogP contribution is 2.37. The van der Waals surface area contributed by atoms with E-state index in [4.69, 9.17) is 0 Å². The minimum absolute atomic E-state index is 0. The van der Waals surface area contributed by atoms with Gasteiger partial charge >= 0.3 is 0 Å². The largest absolute Gasteiger partial charge is 0.346 e. The molecule has 2 aromatic rings. The van der Waals surface area contributed by atoms with Crippen LogP contribution in [0.25, 0.3) is 0 Å². The summed E-state index contributed by atoms with van der Waals surface area (Å²) in [6.45, 7) is 3.03. The summed E-state index contributed by atoms with van der Waals surface area (Å²) in [4.78, 5) is 14.6. The van der Waals surface area contributed by atoms with Crippen molar-refractivity contribution in [1.29, 1.82) is 0 Å². The molecule has 126 valence electrons. The summed E-state index contributed by atoms with van der Waals surface area (Å²) in [6.07, 6.45) is 2.50. The molecule has 24 heavy (non-hydrogen) atoms. The lowest BCUT2D eigenvalue weighted by molar-refractivity contribution is -0.124. The molecule has 2 heterocycles. The molecule has 2 aromatic carbocycles. The number of nitrogens with zero attached hydrogens (tertiary/aromatic N) is 1. The number of hydrogen-bond acceptors (Lipinski definition) is 2. The van der Waals surface area contributed by atoms with Crippen molar-refractivity contribution < 1.29 is 4.79 Å². The Morgan fingerprint density at radius 2 is 1.62 bits per heavy atom. The van der Waals surface area contributed by atoms with E-state index < -0.39 is 0 Å². The van der Waals surface area contributed by atoms with Crippen LogP contribution in [-0.2, 0) is 23.3 Å². The van der Waals surface area contributed by atoms with E-state index in [9.17, 15) is 4.79 Å². The lowest BCUT2D eigenvalue weighted by Gasteiger charge is -2.45. The van der Waals surface area contributed by atoms with Gasteiger partial charge in [-0.2, -0.15) is 0 Å². The monoisotopic (exact) mass is 342 g/mol. The maximum absolute atomic E-state index is 12.1. The van der Waals surface area contributed by atoms with Crippen molar-refractivity contribution in [2.45, 2.75) is 31.3 Å². The summed E-state index contributed by atoms with van der Waals surface area (Å²) < 4.78 is 0. The molecule has 1 saturated heterocycles. The van der Waals surface area contributed by atoms with Gasteiger partial charge in [-0.25, -0.2) is 0 Å². The molecule has 2 aliphatic heterocycles. The molecule has 4 heteroatoms. The van der Waals surface area contributed by atoms with Crippen molar-refractivity contribution in [3.05, 3.63) is 71.3 Å². The third-order valence-electron chi connectivity index (χ3n) is 5.22. The molecule has 0 atom stereocenters. The molecule has 0 radical (unpaired) electrons. The number of nitrogens with one attached hydrogen (secondary N) is 1. The van der Waals surface area contributed by atoms with Crippen molar-refractivity contribution in [2.24, 2.45) is 0 Å². The van der Waals surface area contributed by atoms with Gasteiger partial charge in [-0.3, -0.25) is 9.69 Å². The van der Waals surface area contributed by atoms with Gasteiger partial charge in [-0.05, 0) is 29.5 Å². The molecule has 0 bridgehead atoms. The summed E-state index contributed by atoms with van der Waals surface area (Å²) in [5, 5.41) is 3.31. The molecule has 1 N–H and O–H groups in total. The van der Waals surface area contributed by atoms with E-state index >= 15 is 0 Å². The average Bonchev–Trinajstić information content (AvgIpc) is 2.58. The number of halogens is 1. The number of piperidine rings is 1. The van der Waals surface area contributed by atoms with Gasteiger partial charge < -0.3 is 5.32 Å². The topological polar surface area (TPSA) is 32.3 Å². The van der Waals surface area contributed by atoms with Crippen LogP contribution in [0.2, 0.25) is 0 Å². The van der Waals surface area contributed by atoms with E-state index in [0.29, 0.717) is 6.42 Å². The van der Waals surface area contributed by atoms with Gasteiger partial charge in [0.1, 0.15) is 0 Å². The zero-order valence-corrected chi connectivity index (χ0v) is 14.5. The van der Waals surface area contributed by atoms with Crippen LogP contribution in [0.5, 0.6) is 0 Å². The number of likely N-dealkylation sites (tertiary alicyclic amines) is 1. The second-order valence-electron chi connectivity index (χ2n) is 6.73. The molecule has 4 rings (SSSR count). The molecule has 0 aromatic heterocycles. The molecule has 1 spiro atoms. The normalized spacial score (nSPS) is 19.2. The molecule has 0 aliphatic carbocycles. The molecule has 0 saturated carbocycles. The first kappa shape index (κ1) is 17.0. The number of rotatable bonds is 2. The predicted octanol–water partition coefficient (Wildman–Crippen LogP) is 3.27. The van der Waals surface area contributed by atoms with Crippen LogP contribution >= 0.6 is 12.4 Å². The third-order valence-corrected chi connectivity index (χ3v) is 5.22. The standard InChI is InChI=1S/C20H22N2O.ClH/c23-19-14-17-8-4-5-9-18(17)20(21-19)10-12-22(13-11-20)15-16-6-2-1-3-7-16;/h1-9H,10-15H2,(H,21,23);1H. The first-order chi connectivity index (χ1) is 11.3. The zero-order chi connectivity index (χ0) is 15.7. The maximum atomic E-state index is 12.1. The Kier molecular flexibility index (Phi) is 4.93. The fourth-order valence-electron chi connectivity index (χ4n) is 4.02. The quantitative estimate of drug-likeness (QED) is 0.908. The van der Waals surface area contributed by atoms with Crippen molar-refractivity contribution in [1.82, 2.24) is 10.2 Å². The first-order valence-electron chi connectivity index (χ1n) is 8.41. The fraction of sp³-hybridized carbons (Fsp3) is 0.350. The summed E-state index contributed by atoms with van der Waals surface area (Å²) in [6, 6.07) is 19.0. The minimum Gasteiger partial charge on any atom is -0.346 e. The van der Waals surface area contributed by atoms with Crippen molar-refractivity contribution in [3.8, 4) is 0 Å². The average molecular weight is 343 g/mol.